The molecule has 0 bridgehead atoms. The van der Waals surface area contributed by atoms with Gasteiger partial charge in [0.05, 0.1) is 21.6 Å². The summed E-state index contributed by atoms with van der Waals surface area (Å²) < 4.78 is 16.5. The Kier molecular flexibility index (Phi) is 5.09. The van der Waals surface area contributed by atoms with Crippen LogP contribution in [0, 0.1) is 12.7 Å². The Balaban J connectivity index is 1.64. The standard InChI is InChI=1S/C19H14ClFN4OS2/c1-10-16(17(20)25(24-10)13-6-3-11(21)4-7-13)18(26)22-12-5-8-14-15(9-12)28-19(23-14)27-2/h3-9H,1-2H3,(H,22,26). The number of carbonyl (C=O) groups is 1. The summed E-state index contributed by atoms with van der Waals surface area (Å²) in [5, 5.41) is 7.37. The summed E-state index contributed by atoms with van der Waals surface area (Å²) in [6.07, 6.45) is 1.98. The number of fused-ring (bicyclic) bond motifs is 1. The number of amides is 1. The van der Waals surface area contributed by atoms with Crippen molar-refractivity contribution < 1.29 is 9.18 Å². The number of thiazole rings is 1. The predicted octanol–water partition coefficient (Wildman–Crippen LogP) is 5.56. The highest BCUT2D eigenvalue weighted by molar-refractivity contribution is 8.00. The molecule has 2 aromatic carbocycles. The van der Waals surface area contributed by atoms with Gasteiger partial charge in [-0.3, -0.25) is 4.79 Å². The van der Waals surface area contributed by atoms with Crippen molar-refractivity contribution in [1.82, 2.24) is 14.8 Å². The van der Waals surface area contributed by atoms with Gasteiger partial charge in [0.15, 0.2) is 4.34 Å². The van der Waals surface area contributed by atoms with Crippen LogP contribution in [-0.4, -0.2) is 26.9 Å². The van der Waals surface area contributed by atoms with E-state index in [2.05, 4.69) is 15.4 Å². The number of anilines is 1. The van der Waals surface area contributed by atoms with Crippen LogP contribution in [0.5, 0.6) is 0 Å². The van der Waals surface area contributed by atoms with E-state index in [1.165, 1.54) is 16.8 Å². The summed E-state index contributed by atoms with van der Waals surface area (Å²) in [6, 6.07) is 11.3. The van der Waals surface area contributed by atoms with Gasteiger partial charge in [-0.05, 0) is 55.6 Å². The summed E-state index contributed by atoms with van der Waals surface area (Å²) in [7, 11) is 0. The summed E-state index contributed by atoms with van der Waals surface area (Å²) in [6.45, 7) is 1.71. The number of halogens is 2. The van der Waals surface area contributed by atoms with Crippen molar-refractivity contribution in [3.63, 3.8) is 0 Å². The SMILES string of the molecule is CSc1nc2ccc(NC(=O)c3c(C)nn(-c4ccc(F)cc4)c3Cl)cc2s1. The number of benzene rings is 2. The molecule has 0 aliphatic carbocycles. The van der Waals surface area contributed by atoms with E-state index in [4.69, 9.17) is 11.6 Å². The zero-order chi connectivity index (χ0) is 19.8. The molecule has 0 saturated carbocycles. The number of hydrogen-bond acceptors (Lipinski definition) is 5. The van der Waals surface area contributed by atoms with Gasteiger partial charge in [0.1, 0.15) is 16.5 Å². The lowest BCUT2D eigenvalue weighted by Gasteiger charge is -2.06. The monoisotopic (exact) mass is 432 g/mol. The average molecular weight is 433 g/mol. The first-order chi connectivity index (χ1) is 13.5. The molecule has 2 aromatic heterocycles. The zero-order valence-electron chi connectivity index (χ0n) is 14.9. The smallest absolute Gasteiger partial charge is 0.260 e. The minimum Gasteiger partial charge on any atom is -0.322 e. The molecule has 2 heterocycles. The number of aryl methyl sites for hydroxylation is 1. The van der Waals surface area contributed by atoms with E-state index in [1.54, 1.807) is 48.2 Å². The molecule has 5 nitrogen and oxygen atoms in total. The minimum absolute atomic E-state index is 0.171. The quantitative estimate of drug-likeness (QED) is 0.429. The lowest BCUT2D eigenvalue weighted by Crippen LogP contribution is -2.13. The second kappa shape index (κ2) is 7.54. The van der Waals surface area contributed by atoms with E-state index in [1.807, 2.05) is 18.4 Å². The summed E-state index contributed by atoms with van der Waals surface area (Å²) in [5.74, 6) is -0.713. The van der Waals surface area contributed by atoms with Crippen LogP contribution in [-0.2, 0) is 0 Å². The van der Waals surface area contributed by atoms with Crippen LogP contribution in [0.25, 0.3) is 15.9 Å². The highest BCUT2D eigenvalue weighted by atomic mass is 35.5. The van der Waals surface area contributed by atoms with Gasteiger partial charge < -0.3 is 5.32 Å². The van der Waals surface area contributed by atoms with E-state index < -0.39 is 0 Å². The second-order valence-electron chi connectivity index (χ2n) is 5.96. The van der Waals surface area contributed by atoms with Gasteiger partial charge in [-0.25, -0.2) is 14.1 Å². The van der Waals surface area contributed by atoms with Gasteiger partial charge in [-0.1, -0.05) is 23.4 Å². The number of rotatable bonds is 4. The van der Waals surface area contributed by atoms with E-state index in [9.17, 15) is 9.18 Å². The van der Waals surface area contributed by atoms with Gasteiger partial charge in [-0.2, -0.15) is 5.10 Å². The van der Waals surface area contributed by atoms with Crippen molar-refractivity contribution in [2.24, 2.45) is 0 Å². The Bertz CT molecular complexity index is 1190. The van der Waals surface area contributed by atoms with Crippen LogP contribution >= 0.6 is 34.7 Å². The molecule has 1 amide bonds. The van der Waals surface area contributed by atoms with E-state index >= 15 is 0 Å². The lowest BCUT2D eigenvalue weighted by molar-refractivity contribution is 0.102. The largest absolute Gasteiger partial charge is 0.322 e. The van der Waals surface area contributed by atoms with Crippen molar-refractivity contribution in [1.29, 1.82) is 0 Å². The van der Waals surface area contributed by atoms with Crippen molar-refractivity contribution in [2.45, 2.75) is 11.3 Å². The molecule has 1 N–H and O–H groups in total. The highest BCUT2D eigenvalue weighted by Gasteiger charge is 2.21. The Morgan fingerprint density at radius 1 is 1.25 bits per heavy atom. The van der Waals surface area contributed by atoms with Crippen LogP contribution < -0.4 is 5.32 Å². The molecular weight excluding hydrogens is 419 g/mol. The van der Waals surface area contributed by atoms with Gasteiger partial charge >= 0.3 is 0 Å². The number of aromatic nitrogens is 3. The molecule has 9 heteroatoms. The van der Waals surface area contributed by atoms with Crippen molar-refractivity contribution in [3.05, 3.63) is 64.7 Å². The topological polar surface area (TPSA) is 59.8 Å². The van der Waals surface area contributed by atoms with Crippen molar-refractivity contribution >= 4 is 56.5 Å². The molecule has 0 atom stereocenters. The maximum Gasteiger partial charge on any atom is 0.260 e. The third kappa shape index (κ3) is 3.50. The Morgan fingerprint density at radius 3 is 2.71 bits per heavy atom. The fraction of sp³-hybridized carbons (Fsp3) is 0.105. The summed E-state index contributed by atoms with van der Waals surface area (Å²) in [5.41, 5.74) is 2.88. The van der Waals surface area contributed by atoms with E-state index in [0.29, 0.717) is 17.1 Å². The molecule has 4 aromatic rings. The average Bonchev–Trinajstić information content (AvgIpc) is 3.22. The fourth-order valence-corrected chi connectivity index (χ4v) is 4.66. The molecule has 142 valence electrons. The molecule has 0 aliphatic heterocycles. The maximum absolute atomic E-state index is 13.2. The molecular formula is C19H14ClFN4OS2. The zero-order valence-corrected chi connectivity index (χ0v) is 17.3. The normalized spacial score (nSPS) is 11.1. The highest BCUT2D eigenvalue weighted by Crippen LogP contribution is 2.31. The second-order valence-corrected chi connectivity index (χ2v) is 8.40. The number of hydrogen-bond donors (Lipinski definition) is 1. The fourth-order valence-electron chi connectivity index (χ4n) is 2.77. The molecule has 0 spiro atoms. The first kappa shape index (κ1) is 18.9. The third-order valence-corrected chi connectivity index (χ3v) is 6.46. The van der Waals surface area contributed by atoms with Crippen LogP contribution in [0.15, 0.2) is 46.8 Å². The molecule has 0 aliphatic rings. The molecule has 28 heavy (non-hydrogen) atoms. The minimum atomic E-state index is -0.357. The number of nitrogens with one attached hydrogen (secondary N) is 1. The van der Waals surface area contributed by atoms with Gasteiger partial charge in [0, 0.05) is 5.69 Å². The number of carbonyl (C=O) groups excluding carboxylic acids is 1. The third-order valence-electron chi connectivity index (χ3n) is 4.10. The van der Waals surface area contributed by atoms with E-state index in [0.717, 1.165) is 14.6 Å². The first-order valence-electron chi connectivity index (χ1n) is 8.23. The number of thioether (sulfide) groups is 1. The molecule has 0 radical (unpaired) electrons. The van der Waals surface area contributed by atoms with Gasteiger partial charge in [0.25, 0.3) is 5.91 Å². The lowest BCUT2D eigenvalue weighted by atomic mass is 10.2. The maximum atomic E-state index is 13.2. The van der Waals surface area contributed by atoms with Crippen LogP contribution in [0.3, 0.4) is 0 Å². The first-order valence-corrected chi connectivity index (χ1v) is 10.6. The summed E-state index contributed by atoms with van der Waals surface area (Å²) >= 11 is 9.57. The van der Waals surface area contributed by atoms with Crippen molar-refractivity contribution in [2.75, 3.05) is 11.6 Å². The molecule has 0 saturated heterocycles. The van der Waals surface area contributed by atoms with Crippen LogP contribution in [0.2, 0.25) is 5.15 Å². The molecule has 0 unspecified atom stereocenters. The van der Waals surface area contributed by atoms with Crippen LogP contribution in [0.4, 0.5) is 10.1 Å². The van der Waals surface area contributed by atoms with Crippen molar-refractivity contribution in [3.8, 4) is 5.69 Å². The van der Waals surface area contributed by atoms with Crippen LogP contribution in [0.1, 0.15) is 16.1 Å². The molecule has 4 rings (SSSR count). The van der Waals surface area contributed by atoms with Gasteiger partial charge in [0.2, 0.25) is 0 Å². The Labute approximate surface area is 173 Å². The predicted molar refractivity (Wildman–Crippen MR) is 113 cm³/mol. The number of nitrogens with zero attached hydrogens (tertiary/aromatic N) is 3. The van der Waals surface area contributed by atoms with Gasteiger partial charge in [-0.15, -0.1) is 11.3 Å². The van der Waals surface area contributed by atoms with E-state index in [-0.39, 0.29) is 22.4 Å². The molecule has 0 fully saturated rings. The summed E-state index contributed by atoms with van der Waals surface area (Å²) in [4.78, 5) is 17.3. The Hall–Kier alpha value is -2.42. The Morgan fingerprint density at radius 2 is 2.00 bits per heavy atom.